The molecule has 0 fully saturated rings. The van der Waals surface area contributed by atoms with Gasteiger partial charge in [0.2, 0.25) is 0 Å². The second kappa shape index (κ2) is 5.69. The highest BCUT2D eigenvalue weighted by Gasteiger charge is 2.01. The third kappa shape index (κ3) is 3.21. The molecule has 0 radical (unpaired) electrons. The molecule has 90 valence electrons. The van der Waals surface area contributed by atoms with Crippen molar-refractivity contribution in [2.45, 2.75) is 26.8 Å². The molecule has 17 heavy (non-hydrogen) atoms. The van der Waals surface area contributed by atoms with Crippen molar-refractivity contribution in [3.63, 3.8) is 0 Å². The molecule has 1 aromatic heterocycles. The Morgan fingerprint density at radius 2 is 1.82 bits per heavy atom. The first-order valence-electron chi connectivity index (χ1n) is 6.05. The van der Waals surface area contributed by atoms with Gasteiger partial charge in [-0.2, -0.15) is 0 Å². The molecule has 0 aliphatic heterocycles. The molecule has 0 bridgehead atoms. The summed E-state index contributed by atoms with van der Waals surface area (Å²) < 4.78 is 5.29. The fourth-order valence-corrected chi connectivity index (χ4v) is 2.01. The smallest absolute Gasteiger partial charge is 0.105 e. The lowest BCUT2D eigenvalue weighted by Gasteiger charge is -2.10. The van der Waals surface area contributed by atoms with E-state index in [9.17, 15) is 0 Å². The fraction of sp³-hybridized carbons (Fsp3) is 0.333. The summed E-state index contributed by atoms with van der Waals surface area (Å²) in [7, 11) is 0. The Morgan fingerprint density at radius 3 is 2.47 bits per heavy atom. The van der Waals surface area contributed by atoms with Gasteiger partial charge in [-0.3, -0.25) is 0 Å². The molecule has 1 heterocycles. The quantitative estimate of drug-likeness (QED) is 0.796. The van der Waals surface area contributed by atoms with Gasteiger partial charge in [0.25, 0.3) is 0 Å². The Bertz CT molecular complexity index is 440. The van der Waals surface area contributed by atoms with E-state index in [2.05, 4.69) is 37.4 Å². The van der Waals surface area contributed by atoms with Gasteiger partial charge in [-0.05, 0) is 42.7 Å². The highest BCUT2D eigenvalue weighted by Crippen LogP contribution is 2.12. The summed E-state index contributed by atoms with van der Waals surface area (Å²) in [5, 5.41) is 3.46. The maximum atomic E-state index is 5.29. The minimum absolute atomic E-state index is 0.930. The van der Waals surface area contributed by atoms with Gasteiger partial charge >= 0.3 is 0 Å². The Kier molecular flexibility index (Phi) is 3.99. The summed E-state index contributed by atoms with van der Waals surface area (Å²) in [6, 6.07) is 10.4. The number of aryl methyl sites for hydroxylation is 2. The summed E-state index contributed by atoms with van der Waals surface area (Å²) in [5.41, 5.74) is 4.12. The van der Waals surface area contributed by atoms with E-state index in [1.165, 1.54) is 16.7 Å². The minimum atomic E-state index is 0.930. The van der Waals surface area contributed by atoms with Crippen molar-refractivity contribution in [1.29, 1.82) is 0 Å². The molecule has 2 heteroatoms. The van der Waals surface area contributed by atoms with Crippen LogP contribution < -0.4 is 5.32 Å². The van der Waals surface area contributed by atoms with Crippen LogP contribution in [0.15, 0.2) is 41.0 Å². The number of furan rings is 1. The molecule has 0 aliphatic rings. The molecule has 0 atom stereocenters. The molecule has 0 aliphatic carbocycles. The first-order valence-corrected chi connectivity index (χ1v) is 6.05. The van der Waals surface area contributed by atoms with E-state index in [4.69, 9.17) is 4.42 Å². The first kappa shape index (κ1) is 11.9. The molecular formula is C15H19NO. The van der Waals surface area contributed by atoms with Crippen LogP contribution in [0.4, 0.5) is 0 Å². The largest absolute Gasteiger partial charge is 0.469 e. The average Bonchev–Trinajstić information content (AvgIpc) is 2.80. The molecule has 2 nitrogen and oxygen atoms in total. The van der Waals surface area contributed by atoms with Gasteiger partial charge in [-0.25, -0.2) is 0 Å². The zero-order valence-electron chi connectivity index (χ0n) is 10.5. The van der Waals surface area contributed by atoms with E-state index < -0.39 is 0 Å². The second-order valence-electron chi connectivity index (χ2n) is 4.38. The Morgan fingerprint density at radius 1 is 1.06 bits per heavy atom. The van der Waals surface area contributed by atoms with Crippen LogP contribution in [0.5, 0.6) is 0 Å². The van der Waals surface area contributed by atoms with Gasteiger partial charge < -0.3 is 9.73 Å². The molecular weight excluding hydrogens is 210 g/mol. The number of rotatable bonds is 5. The van der Waals surface area contributed by atoms with Gasteiger partial charge in [-0.15, -0.1) is 0 Å². The molecule has 0 saturated carbocycles. The predicted molar refractivity (Wildman–Crippen MR) is 70.0 cm³/mol. The van der Waals surface area contributed by atoms with Crippen LogP contribution in [-0.2, 0) is 13.0 Å². The van der Waals surface area contributed by atoms with Crippen molar-refractivity contribution in [3.05, 3.63) is 59.0 Å². The van der Waals surface area contributed by atoms with Crippen LogP contribution in [0, 0.1) is 13.8 Å². The summed E-state index contributed by atoms with van der Waals surface area (Å²) in [5.74, 6) is 1.04. The lowest BCUT2D eigenvalue weighted by atomic mass is 10.0. The third-order valence-electron chi connectivity index (χ3n) is 3.07. The molecule has 0 unspecified atom stereocenters. The number of benzene rings is 1. The molecule has 2 aromatic rings. The van der Waals surface area contributed by atoms with E-state index in [0.29, 0.717) is 0 Å². The monoisotopic (exact) mass is 229 g/mol. The van der Waals surface area contributed by atoms with Crippen molar-refractivity contribution in [1.82, 2.24) is 5.32 Å². The Balaban J connectivity index is 1.82. The van der Waals surface area contributed by atoms with Crippen LogP contribution >= 0.6 is 0 Å². The maximum absolute atomic E-state index is 5.29. The summed E-state index contributed by atoms with van der Waals surface area (Å²) in [6.45, 7) is 6.20. The molecule has 2 rings (SSSR count). The van der Waals surface area contributed by atoms with Gasteiger partial charge in [0.1, 0.15) is 5.76 Å². The Labute approximate surface area is 103 Å². The van der Waals surface area contributed by atoms with Gasteiger partial charge in [0.15, 0.2) is 0 Å². The highest BCUT2D eigenvalue weighted by molar-refractivity contribution is 5.33. The lowest BCUT2D eigenvalue weighted by molar-refractivity contribution is 0.498. The van der Waals surface area contributed by atoms with Crippen LogP contribution in [0.1, 0.15) is 22.5 Å². The molecule has 1 N–H and O–H groups in total. The van der Waals surface area contributed by atoms with Crippen LogP contribution in [0.3, 0.4) is 0 Å². The fourth-order valence-electron chi connectivity index (χ4n) is 2.01. The molecule has 1 aromatic carbocycles. The van der Waals surface area contributed by atoms with Crippen molar-refractivity contribution in [2.75, 3.05) is 6.54 Å². The molecule has 0 amide bonds. The Hall–Kier alpha value is -1.54. The van der Waals surface area contributed by atoms with Gasteiger partial charge in [-0.1, -0.05) is 18.2 Å². The average molecular weight is 229 g/mol. The summed E-state index contributed by atoms with van der Waals surface area (Å²) in [4.78, 5) is 0. The number of hydrogen-bond acceptors (Lipinski definition) is 2. The van der Waals surface area contributed by atoms with E-state index >= 15 is 0 Å². The minimum Gasteiger partial charge on any atom is -0.469 e. The van der Waals surface area contributed by atoms with Crippen LogP contribution in [0.2, 0.25) is 0 Å². The number of nitrogens with one attached hydrogen (secondary N) is 1. The predicted octanol–water partition coefficient (Wildman–Crippen LogP) is 3.23. The first-order chi connectivity index (χ1) is 8.27. The van der Waals surface area contributed by atoms with Gasteiger partial charge in [0.05, 0.1) is 6.26 Å². The molecule has 0 spiro atoms. The highest BCUT2D eigenvalue weighted by atomic mass is 16.3. The maximum Gasteiger partial charge on any atom is 0.105 e. The van der Waals surface area contributed by atoms with Crippen molar-refractivity contribution < 1.29 is 4.42 Å². The van der Waals surface area contributed by atoms with E-state index in [1.807, 2.05) is 12.1 Å². The summed E-state index contributed by atoms with van der Waals surface area (Å²) in [6.07, 6.45) is 2.67. The zero-order valence-corrected chi connectivity index (χ0v) is 10.5. The lowest BCUT2D eigenvalue weighted by Crippen LogP contribution is -2.17. The summed E-state index contributed by atoms with van der Waals surface area (Å²) >= 11 is 0. The van der Waals surface area contributed by atoms with Crippen molar-refractivity contribution >= 4 is 0 Å². The number of hydrogen-bond donors (Lipinski definition) is 1. The normalized spacial score (nSPS) is 10.7. The van der Waals surface area contributed by atoms with Gasteiger partial charge in [0, 0.05) is 19.5 Å². The third-order valence-corrected chi connectivity index (χ3v) is 3.07. The zero-order chi connectivity index (χ0) is 12.1. The molecule has 0 saturated heterocycles. The van der Waals surface area contributed by atoms with Crippen molar-refractivity contribution in [2.24, 2.45) is 0 Å². The topological polar surface area (TPSA) is 25.2 Å². The van der Waals surface area contributed by atoms with E-state index in [0.717, 1.165) is 25.3 Å². The SMILES string of the molecule is Cc1cccc(C)c1CNCCc1ccco1. The second-order valence-corrected chi connectivity index (χ2v) is 4.38. The standard InChI is InChI=1S/C15H19NO/c1-12-5-3-6-13(2)15(12)11-16-9-8-14-7-4-10-17-14/h3-7,10,16H,8-9,11H2,1-2H3. The van der Waals surface area contributed by atoms with Crippen LogP contribution in [0.25, 0.3) is 0 Å². The van der Waals surface area contributed by atoms with E-state index in [-0.39, 0.29) is 0 Å². The van der Waals surface area contributed by atoms with Crippen LogP contribution in [-0.4, -0.2) is 6.54 Å². The van der Waals surface area contributed by atoms with Crippen molar-refractivity contribution in [3.8, 4) is 0 Å². The van der Waals surface area contributed by atoms with E-state index in [1.54, 1.807) is 6.26 Å².